The van der Waals surface area contributed by atoms with Crippen molar-refractivity contribution in [2.45, 2.75) is 115 Å². The molecule has 0 aliphatic heterocycles. The maximum Gasteiger partial charge on any atom is 0.318 e. The SMILES string of the molecule is CCCCCCCCCCCCCCCCC(SCC(C)CO)C(=O)OC. The predicted molar refractivity (Wildman–Crippen MR) is 119 cm³/mol. The lowest BCUT2D eigenvalue weighted by Crippen LogP contribution is -2.21. The molecule has 4 heteroatoms. The molecule has 2 atom stereocenters. The van der Waals surface area contributed by atoms with Gasteiger partial charge in [0.15, 0.2) is 0 Å². The first-order chi connectivity index (χ1) is 13.2. The van der Waals surface area contributed by atoms with Crippen molar-refractivity contribution < 1.29 is 14.6 Å². The molecule has 0 aromatic rings. The lowest BCUT2D eigenvalue weighted by Gasteiger charge is -2.16. The van der Waals surface area contributed by atoms with Gasteiger partial charge in [-0.25, -0.2) is 0 Å². The van der Waals surface area contributed by atoms with E-state index in [4.69, 9.17) is 9.84 Å². The Morgan fingerprint density at radius 2 is 1.30 bits per heavy atom. The average molecular weight is 403 g/mol. The summed E-state index contributed by atoms with van der Waals surface area (Å²) in [4.78, 5) is 11.9. The van der Waals surface area contributed by atoms with Crippen molar-refractivity contribution in [1.29, 1.82) is 0 Å². The molecule has 27 heavy (non-hydrogen) atoms. The maximum absolute atomic E-state index is 11.9. The Balaban J connectivity index is 3.50. The van der Waals surface area contributed by atoms with E-state index in [9.17, 15) is 4.79 Å². The zero-order valence-corrected chi connectivity index (χ0v) is 19.2. The fourth-order valence-electron chi connectivity index (χ4n) is 3.26. The number of aliphatic hydroxyl groups excluding tert-OH is 1. The first kappa shape index (κ1) is 26.8. The van der Waals surface area contributed by atoms with Crippen molar-refractivity contribution in [3.05, 3.63) is 0 Å². The number of carbonyl (C=O) groups excluding carboxylic acids is 1. The Kier molecular flexibility index (Phi) is 20.3. The molecule has 0 bridgehead atoms. The molecule has 0 spiro atoms. The van der Waals surface area contributed by atoms with Gasteiger partial charge >= 0.3 is 5.97 Å². The van der Waals surface area contributed by atoms with Crippen LogP contribution in [0.5, 0.6) is 0 Å². The zero-order chi connectivity index (χ0) is 20.2. The van der Waals surface area contributed by atoms with Crippen LogP contribution in [0, 0.1) is 5.92 Å². The second kappa shape index (κ2) is 20.5. The van der Waals surface area contributed by atoms with Crippen LogP contribution in [0.2, 0.25) is 0 Å². The van der Waals surface area contributed by atoms with E-state index < -0.39 is 0 Å². The topological polar surface area (TPSA) is 46.5 Å². The van der Waals surface area contributed by atoms with Crippen molar-refractivity contribution in [1.82, 2.24) is 0 Å². The van der Waals surface area contributed by atoms with Crippen molar-refractivity contribution in [3.8, 4) is 0 Å². The third kappa shape index (κ3) is 17.6. The van der Waals surface area contributed by atoms with Gasteiger partial charge in [-0.05, 0) is 18.1 Å². The van der Waals surface area contributed by atoms with Gasteiger partial charge in [0.25, 0.3) is 0 Å². The number of unbranched alkanes of at least 4 members (excludes halogenated alkanes) is 13. The molecule has 0 fully saturated rings. The zero-order valence-electron chi connectivity index (χ0n) is 18.3. The van der Waals surface area contributed by atoms with Crippen molar-refractivity contribution in [2.75, 3.05) is 19.5 Å². The lowest BCUT2D eigenvalue weighted by molar-refractivity contribution is -0.140. The fraction of sp³-hybridized carbons (Fsp3) is 0.957. The highest BCUT2D eigenvalue weighted by Gasteiger charge is 2.20. The summed E-state index contributed by atoms with van der Waals surface area (Å²) in [5, 5.41) is 9.05. The standard InChI is InChI=1S/C23H46O3S/c1-4-5-6-7-8-9-10-11-12-13-14-15-16-17-18-22(23(25)26-3)27-20-21(2)19-24/h21-22,24H,4-20H2,1-3H3. The van der Waals surface area contributed by atoms with Gasteiger partial charge in [0.05, 0.1) is 7.11 Å². The quantitative estimate of drug-likeness (QED) is 0.180. The molecule has 1 N–H and O–H groups in total. The third-order valence-corrected chi connectivity index (χ3v) is 6.77. The molecule has 0 rings (SSSR count). The normalized spacial score (nSPS) is 13.5. The van der Waals surface area contributed by atoms with E-state index >= 15 is 0 Å². The van der Waals surface area contributed by atoms with Crippen LogP contribution in [0.1, 0.15) is 110 Å². The van der Waals surface area contributed by atoms with Crippen molar-refractivity contribution in [2.24, 2.45) is 5.92 Å². The van der Waals surface area contributed by atoms with Gasteiger partial charge in [0.1, 0.15) is 5.25 Å². The molecule has 162 valence electrons. The summed E-state index contributed by atoms with van der Waals surface area (Å²) in [5.41, 5.74) is 0. The molecule has 0 aromatic carbocycles. The van der Waals surface area contributed by atoms with Gasteiger partial charge in [-0.1, -0.05) is 104 Å². The Morgan fingerprint density at radius 3 is 1.70 bits per heavy atom. The minimum Gasteiger partial charge on any atom is -0.468 e. The van der Waals surface area contributed by atoms with Crippen LogP contribution in [0.3, 0.4) is 0 Å². The van der Waals surface area contributed by atoms with Gasteiger partial charge in [0, 0.05) is 6.61 Å². The van der Waals surface area contributed by atoms with E-state index in [-0.39, 0.29) is 23.7 Å². The van der Waals surface area contributed by atoms with Gasteiger partial charge in [-0.15, -0.1) is 11.8 Å². The van der Waals surface area contributed by atoms with Gasteiger partial charge in [-0.3, -0.25) is 4.79 Å². The van der Waals surface area contributed by atoms with E-state index in [1.54, 1.807) is 11.8 Å². The molecule has 0 saturated heterocycles. The van der Waals surface area contributed by atoms with E-state index in [1.807, 2.05) is 6.92 Å². The van der Waals surface area contributed by atoms with Gasteiger partial charge in [-0.2, -0.15) is 0 Å². The second-order valence-electron chi connectivity index (χ2n) is 8.02. The summed E-state index contributed by atoms with van der Waals surface area (Å²) in [6.07, 6.45) is 19.8. The molecule has 2 unspecified atom stereocenters. The Labute approximate surface area is 173 Å². The molecule has 0 heterocycles. The summed E-state index contributed by atoms with van der Waals surface area (Å²) >= 11 is 1.64. The first-order valence-electron chi connectivity index (χ1n) is 11.5. The van der Waals surface area contributed by atoms with E-state index in [2.05, 4.69) is 6.92 Å². The van der Waals surface area contributed by atoms with Crippen LogP contribution in [-0.4, -0.2) is 35.8 Å². The van der Waals surface area contributed by atoms with E-state index in [1.165, 1.54) is 90.6 Å². The minimum absolute atomic E-state index is 0.0682. The number of esters is 1. The van der Waals surface area contributed by atoms with Crippen LogP contribution < -0.4 is 0 Å². The highest BCUT2D eigenvalue weighted by atomic mass is 32.2. The predicted octanol–water partition coefficient (Wildman–Crippen LogP) is 6.76. The Morgan fingerprint density at radius 1 is 0.852 bits per heavy atom. The lowest BCUT2D eigenvalue weighted by atomic mass is 10.0. The number of carbonyl (C=O) groups is 1. The average Bonchev–Trinajstić information content (AvgIpc) is 2.69. The molecule has 0 saturated carbocycles. The number of hydrogen-bond donors (Lipinski definition) is 1. The molecule has 0 radical (unpaired) electrons. The fourth-order valence-corrected chi connectivity index (χ4v) is 4.49. The summed E-state index contributed by atoms with van der Waals surface area (Å²) in [7, 11) is 1.47. The number of rotatable bonds is 20. The number of thioether (sulfide) groups is 1. The van der Waals surface area contributed by atoms with Gasteiger partial charge in [0.2, 0.25) is 0 Å². The van der Waals surface area contributed by atoms with Crippen LogP contribution in [0.15, 0.2) is 0 Å². The van der Waals surface area contributed by atoms with Crippen molar-refractivity contribution in [3.63, 3.8) is 0 Å². The highest BCUT2D eigenvalue weighted by molar-refractivity contribution is 8.00. The number of aliphatic hydroxyl groups is 1. The van der Waals surface area contributed by atoms with Crippen LogP contribution in [0.25, 0.3) is 0 Å². The molecular formula is C23H46O3S. The minimum atomic E-state index is -0.111. The molecule has 0 aliphatic carbocycles. The Hall–Kier alpha value is -0.220. The number of hydrogen-bond acceptors (Lipinski definition) is 4. The Bertz CT molecular complexity index is 323. The molecule has 0 aliphatic rings. The van der Waals surface area contributed by atoms with Crippen molar-refractivity contribution >= 4 is 17.7 Å². The summed E-state index contributed by atoms with van der Waals surface area (Å²) in [5.74, 6) is 0.938. The second-order valence-corrected chi connectivity index (χ2v) is 9.25. The van der Waals surface area contributed by atoms with Gasteiger partial charge < -0.3 is 9.84 Å². The summed E-state index contributed by atoms with van der Waals surface area (Å²) < 4.78 is 4.93. The van der Waals surface area contributed by atoms with Crippen LogP contribution >= 0.6 is 11.8 Å². The van der Waals surface area contributed by atoms with E-state index in [0.717, 1.165) is 18.6 Å². The highest BCUT2D eigenvalue weighted by Crippen LogP contribution is 2.22. The maximum atomic E-state index is 11.9. The summed E-state index contributed by atoms with van der Waals surface area (Å²) in [6.45, 7) is 4.46. The van der Waals surface area contributed by atoms with E-state index in [0.29, 0.717) is 0 Å². The third-order valence-electron chi connectivity index (χ3n) is 5.18. The first-order valence-corrected chi connectivity index (χ1v) is 12.5. The largest absolute Gasteiger partial charge is 0.468 e. The number of methoxy groups -OCH3 is 1. The number of ether oxygens (including phenoxy) is 1. The molecule has 3 nitrogen and oxygen atoms in total. The van der Waals surface area contributed by atoms with Crippen LogP contribution in [0.4, 0.5) is 0 Å². The van der Waals surface area contributed by atoms with Crippen LogP contribution in [-0.2, 0) is 9.53 Å². The molecule has 0 aromatic heterocycles. The monoisotopic (exact) mass is 402 g/mol. The smallest absolute Gasteiger partial charge is 0.318 e. The molecule has 0 amide bonds. The molecular weight excluding hydrogens is 356 g/mol. The summed E-state index contributed by atoms with van der Waals surface area (Å²) in [6, 6.07) is 0.